The second-order valence-electron chi connectivity index (χ2n) is 5.83. The molecule has 0 aliphatic carbocycles. The number of sulfonamides is 1. The largest absolute Gasteiger partial charge is 0.389 e. The predicted octanol–water partition coefficient (Wildman–Crippen LogP) is -0.260. The molecular weight excluding hydrogens is 290 g/mol. The lowest BCUT2D eigenvalue weighted by Gasteiger charge is -2.38. The van der Waals surface area contributed by atoms with E-state index in [2.05, 4.69) is 0 Å². The van der Waals surface area contributed by atoms with Crippen molar-refractivity contribution in [2.24, 2.45) is 0 Å². The Morgan fingerprint density at radius 2 is 1.84 bits per heavy atom. The van der Waals surface area contributed by atoms with Gasteiger partial charge in [-0.05, 0) is 32.6 Å². The zero-order valence-electron chi connectivity index (χ0n) is 11.1. The molecule has 0 aromatic rings. The van der Waals surface area contributed by atoms with E-state index in [1.165, 1.54) is 4.31 Å². The molecule has 1 unspecified atom stereocenters. The van der Waals surface area contributed by atoms with Gasteiger partial charge in [0.25, 0.3) is 0 Å². The molecule has 0 spiro atoms. The lowest BCUT2D eigenvalue weighted by Crippen LogP contribution is -2.52. The van der Waals surface area contributed by atoms with E-state index in [1.807, 2.05) is 0 Å². The van der Waals surface area contributed by atoms with Gasteiger partial charge in [0.1, 0.15) is 9.84 Å². The Labute approximate surface area is 114 Å². The summed E-state index contributed by atoms with van der Waals surface area (Å²) in [6, 6.07) is 0. The van der Waals surface area contributed by atoms with Crippen LogP contribution in [0.5, 0.6) is 0 Å². The van der Waals surface area contributed by atoms with Crippen molar-refractivity contribution in [2.45, 2.75) is 43.5 Å². The van der Waals surface area contributed by atoms with Gasteiger partial charge in [0, 0.05) is 13.1 Å². The van der Waals surface area contributed by atoms with Gasteiger partial charge in [-0.3, -0.25) is 0 Å². The quantitative estimate of drug-likeness (QED) is 0.758. The Kier molecular flexibility index (Phi) is 3.99. The van der Waals surface area contributed by atoms with Gasteiger partial charge in [0.05, 0.1) is 22.4 Å². The molecule has 2 saturated heterocycles. The molecule has 0 aromatic heterocycles. The van der Waals surface area contributed by atoms with Crippen molar-refractivity contribution < 1.29 is 21.9 Å². The third-order valence-electron chi connectivity index (χ3n) is 3.92. The standard InChI is InChI=1S/C11H21NO5S2/c1-11(13)5-2-6-12(9-11)19(16,17)10-3-7-18(14,15)8-4-10/h10,13H,2-9H2,1H3. The van der Waals surface area contributed by atoms with Crippen LogP contribution >= 0.6 is 0 Å². The number of aliphatic hydroxyl groups is 1. The van der Waals surface area contributed by atoms with Crippen LogP contribution in [0, 0.1) is 0 Å². The van der Waals surface area contributed by atoms with Crippen molar-refractivity contribution in [2.75, 3.05) is 24.6 Å². The molecule has 0 radical (unpaired) electrons. The molecule has 1 atom stereocenters. The van der Waals surface area contributed by atoms with E-state index in [1.54, 1.807) is 6.92 Å². The molecule has 0 bridgehead atoms. The highest BCUT2D eigenvalue weighted by atomic mass is 32.2. The van der Waals surface area contributed by atoms with Crippen LogP contribution in [0.25, 0.3) is 0 Å². The number of rotatable bonds is 2. The van der Waals surface area contributed by atoms with Crippen molar-refractivity contribution in [3.63, 3.8) is 0 Å². The summed E-state index contributed by atoms with van der Waals surface area (Å²) >= 11 is 0. The smallest absolute Gasteiger partial charge is 0.217 e. The summed E-state index contributed by atoms with van der Waals surface area (Å²) in [5.74, 6) is -0.109. The maximum atomic E-state index is 12.5. The normalized spacial score (nSPS) is 34.2. The summed E-state index contributed by atoms with van der Waals surface area (Å²) in [5.41, 5.74) is -0.980. The number of sulfone groups is 1. The van der Waals surface area contributed by atoms with E-state index >= 15 is 0 Å². The van der Waals surface area contributed by atoms with Gasteiger partial charge in [-0.2, -0.15) is 4.31 Å². The lowest BCUT2D eigenvalue weighted by atomic mass is 9.97. The van der Waals surface area contributed by atoms with Crippen LogP contribution in [0.15, 0.2) is 0 Å². The molecule has 112 valence electrons. The molecule has 6 nitrogen and oxygen atoms in total. The summed E-state index contributed by atoms with van der Waals surface area (Å²) < 4.78 is 49.0. The molecule has 0 saturated carbocycles. The average molecular weight is 311 g/mol. The first-order valence-corrected chi connectivity index (χ1v) is 9.87. The van der Waals surface area contributed by atoms with Crippen molar-refractivity contribution in [1.82, 2.24) is 4.31 Å². The molecule has 8 heteroatoms. The van der Waals surface area contributed by atoms with Gasteiger partial charge in [0.15, 0.2) is 0 Å². The monoisotopic (exact) mass is 311 g/mol. The fourth-order valence-corrected chi connectivity index (χ4v) is 6.65. The third kappa shape index (κ3) is 3.48. The topological polar surface area (TPSA) is 91.8 Å². The maximum Gasteiger partial charge on any atom is 0.217 e. The minimum Gasteiger partial charge on any atom is -0.389 e. The molecule has 2 rings (SSSR count). The van der Waals surface area contributed by atoms with Gasteiger partial charge >= 0.3 is 0 Å². The van der Waals surface area contributed by atoms with Crippen LogP contribution in [0.2, 0.25) is 0 Å². The fourth-order valence-electron chi connectivity index (χ4n) is 2.77. The molecule has 2 aliphatic rings. The van der Waals surface area contributed by atoms with Crippen LogP contribution in [-0.2, 0) is 19.9 Å². The zero-order valence-corrected chi connectivity index (χ0v) is 12.7. The highest BCUT2D eigenvalue weighted by Gasteiger charge is 2.40. The Morgan fingerprint density at radius 3 is 2.37 bits per heavy atom. The SMILES string of the molecule is CC1(O)CCCN(S(=O)(=O)C2CCS(=O)(=O)CC2)C1. The molecule has 19 heavy (non-hydrogen) atoms. The lowest BCUT2D eigenvalue weighted by molar-refractivity contribution is 0.00911. The summed E-state index contributed by atoms with van der Waals surface area (Å²) in [6.45, 7) is 2.17. The molecule has 0 aromatic carbocycles. The number of nitrogens with zero attached hydrogens (tertiary/aromatic N) is 1. The minimum atomic E-state index is -3.50. The van der Waals surface area contributed by atoms with E-state index in [9.17, 15) is 21.9 Å². The van der Waals surface area contributed by atoms with Gasteiger partial charge in [-0.1, -0.05) is 0 Å². The van der Waals surface area contributed by atoms with Crippen molar-refractivity contribution >= 4 is 19.9 Å². The first-order valence-electron chi connectivity index (χ1n) is 6.54. The Balaban J connectivity index is 2.10. The van der Waals surface area contributed by atoms with Crippen molar-refractivity contribution in [1.29, 1.82) is 0 Å². The molecule has 2 heterocycles. The molecular formula is C11H21NO5S2. The first-order chi connectivity index (χ1) is 8.62. The van der Waals surface area contributed by atoms with E-state index < -0.39 is 30.7 Å². The van der Waals surface area contributed by atoms with Gasteiger partial charge in [-0.25, -0.2) is 16.8 Å². The van der Waals surface area contributed by atoms with E-state index in [-0.39, 0.29) is 30.9 Å². The Morgan fingerprint density at radius 1 is 1.26 bits per heavy atom. The summed E-state index contributed by atoms with van der Waals surface area (Å²) in [7, 11) is -6.56. The van der Waals surface area contributed by atoms with Crippen LogP contribution in [0.1, 0.15) is 32.6 Å². The van der Waals surface area contributed by atoms with Crippen molar-refractivity contribution in [3.05, 3.63) is 0 Å². The van der Waals surface area contributed by atoms with Gasteiger partial charge in [0.2, 0.25) is 10.0 Å². The molecule has 2 aliphatic heterocycles. The number of hydrogen-bond donors (Lipinski definition) is 1. The second kappa shape index (κ2) is 4.98. The minimum absolute atomic E-state index is 0.0544. The van der Waals surface area contributed by atoms with E-state index in [0.29, 0.717) is 19.4 Å². The van der Waals surface area contributed by atoms with E-state index in [4.69, 9.17) is 0 Å². The number of hydrogen-bond acceptors (Lipinski definition) is 5. The van der Waals surface area contributed by atoms with Crippen LogP contribution < -0.4 is 0 Å². The average Bonchev–Trinajstić information content (AvgIpc) is 2.27. The number of β-amino-alcohol motifs (C(OH)–C–C–N with tert-alkyl or cyclic N) is 1. The van der Waals surface area contributed by atoms with Crippen molar-refractivity contribution in [3.8, 4) is 0 Å². The first kappa shape index (κ1) is 15.2. The Bertz CT molecular complexity index is 523. The number of piperidine rings is 1. The maximum absolute atomic E-state index is 12.5. The van der Waals surface area contributed by atoms with E-state index in [0.717, 1.165) is 0 Å². The molecule has 2 fully saturated rings. The summed E-state index contributed by atoms with van der Waals surface area (Å²) in [6.07, 6.45) is 1.57. The highest BCUT2D eigenvalue weighted by molar-refractivity contribution is 7.92. The highest BCUT2D eigenvalue weighted by Crippen LogP contribution is 2.28. The third-order valence-corrected chi connectivity index (χ3v) is 7.98. The van der Waals surface area contributed by atoms with Crippen LogP contribution in [-0.4, -0.2) is 61.7 Å². The molecule has 1 N–H and O–H groups in total. The van der Waals surface area contributed by atoms with Gasteiger partial charge in [-0.15, -0.1) is 0 Å². The molecule has 0 amide bonds. The fraction of sp³-hybridized carbons (Fsp3) is 1.00. The van der Waals surface area contributed by atoms with Gasteiger partial charge < -0.3 is 5.11 Å². The van der Waals surface area contributed by atoms with Crippen LogP contribution in [0.3, 0.4) is 0 Å². The Hall–Kier alpha value is -0.180. The van der Waals surface area contributed by atoms with Crippen LogP contribution in [0.4, 0.5) is 0 Å². The zero-order chi connectivity index (χ0) is 14.3. The summed E-state index contributed by atoms with van der Waals surface area (Å²) in [5, 5.41) is 9.37. The second-order valence-corrected chi connectivity index (χ2v) is 10.3. The summed E-state index contributed by atoms with van der Waals surface area (Å²) in [4.78, 5) is 0. The predicted molar refractivity (Wildman–Crippen MR) is 72.0 cm³/mol.